The molecule has 0 saturated heterocycles. The van der Waals surface area contributed by atoms with Gasteiger partial charge in [-0.05, 0) is 32.8 Å². The molecule has 0 heterocycles. The summed E-state index contributed by atoms with van der Waals surface area (Å²) in [5, 5.41) is 11.0. The Kier molecular flexibility index (Phi) is 5.66. The van der Waals surface area contributed by atoms with Crippen molar-refractivity contribution >= 4 is 11.7 Å². The van der Waals surface area contributed by atoms with Gasteiger partial charge in [-0.15, -0.1) is 0 Å². The number of rotatable bonds is 7. The molecule has 2 N–H and O–H groups in total. The van der Waals surface area contributed by atoms with Crippen molar-refractivity contribution in [2.24, 2.45) is 5.73 Å². The maximum Gasteiger partial charge on any atom is 0.325 e. The summed E-state index contributed by atoms with van der Waals surface area (Å²) in [5.41, 5.74) is 5.22. The van der Waals surface area contributed by atoms with Gasteiger partial charge in [-0.1, -0.05) is 12.1 Å². The molecular weight excluding hydrogens is 276 g/mol. The number of hydrogen-bond acceptors (Lipinski definition) is 6. The number of aryl methyl sites for hydroxylation is 1. The largest absolute Gasteiger partial charge is 0.487 e. The van der Waals surface area contributed by atoms with E-state index in [0.29, 0.717) is 18.4 Å². The minimum absolute atomic E-state index is 0.0408. The maximum absolute atomic E-state index is 11.4. The van der Waals surface area contributed by atoms with E-state index in [2.05, 4.69) is 4.74 Å². The van der Waals surface area contributed by atoms with Crippen LogP contribution in [0.15, 0.2) is 18.2 Å². The highest BCUT2D eigenvalue weighted by Gasteiger charge is 2.28. The van der Waals surface area contributed by atoms with Gasteiger partial charge in [-0.2, -0.15) is 0 Å². The molecule has 0 saturated carbocycles. The number of para-hydroxylation sites is 1. The van der Waals surface area contributed by atoms with Crippen molar-refractivity contribution in [1.82, 2.24) is 0 Å². The molecule has 1 unspecified atom stereocenters. The van der Waals surface area contributed by atoms with Crippen LogP contribution >= 0.6 is 0 Å². The van der Waals surface area contributed by atoms with Crippen LogP contribution in [-0.2, 0) is 9.53 Å². The highest BCUT2D eigenvalue weighted by Crippen LogP contribution is 2.30. The van der Waals surface area contributed by atoms with Crippen molar-refractivity contribution in [3.63, 3.8) is 0 Å². The summed E-state index contributed by atoms with van der Waals surface area (Å²) in [5.74, 6) is -0.277. The van der Waals surface area contributed by atoms with Gasteiger partial charge < -0.3 is 15.2 Å². The number of esters is 1. The highest BCUT2D eigenvalue weighted by molar-refractivity contribution is 5.79. The average Bonchev–Trinajstić information content (AvgIpc) is 2.42. The zero-order chi connectivity index (χ0) is 16.0. The Labute approximate surface area is 123 Å². The van der Waals surface area contributed by atoms with Gasteiger partial charge in [-0.3, -0.25) is 14.9 Å². The predicted octanol–water partition coefficient (Wildman–Crippen LogP) is 1.95. The normalized spacial score (nSPS) is 13.3. The molecule has 1 rings (SSSR count). The van der Waals surface area contributed by atoms with Crippen LogP contribution in [0.25, 0.3) is 0 Å². The molecule has 0 bridgehead atoms. The molecule has 0 aliphatic heterocycles. The highest BCUT2D eigenvalue weighted by atomic mass is 16.6. The minimum Gasteiger partial charge on any atom is -0.487 e. The molecule has 0 aliphatic carbocycles. The fourth-order valence-corrected chi connectivity index (χ4v) is 1.94. The molecule has 1 atom stereocenters. The Morgan fingerprint density at radius 3 is 2.71 bits per heavy atom. The van der Waals surface area contributed by atoms with Crippen molar-refractivity contribution in [3.05, 3.63) is 33.9 Å². The second-order valence-corrected chi connectivity index (χ2v) is 5.04. The first-order chi connectivity index (χ1) is 9.79. The molecule has 1 aromatic carbocycles. The smallest absolute Gasteiger partial charge is 0.325 e. The predicted molar refractivity (Wildman–Crippen MR) is 77.2 cm³/mol. The number of carbonyl (C=O) groups excluding carboxylic acids is 1. The number of nitro groups is 1. The summed E-state index contributed by atoms with van der Waals surface area (Å²) in [6.07, 6.45) is 0.840. The van der Waals surface area contributed by atoms with Crippen LogP contribution in [-0.4, -0.2) is 30.1 Å². The lowest BCUT2D eigenvalue weighted by Gasteiger charge is -2.21. The third-order valence-corrected chi connectivity index (χ3v) is 3.13. The van der Waals surface area contributed by atoms with Gasteiger partial charge >= 0.3 is 11.7 Å². The Balaban J connectivity index is 2.60. The number of nitrogens with two attached hydrogens (primary N) is 1. The van der Waals surface area contributed by atoms with Crippen molar-refractivity contribution in [2.45, 2.75) is 32.2 Å². The number of nitrogens with zero attached hydrogens (tertiary/aromatic N) is 1. The van der Waals surface area contributed by atoms with E-state index in [0.717, 1.165) is 0 Å². The first-order valence-corrected chi connectivity index (χ1v) is 6.53. The second-order valence-electron chi connectivity index (χ2n) is 5.04. The average molecular weight is 296 g/mol. The molecule has 116 valence electrons. The fourth-order valence-electron chi connectivity index (χ4n) is 1.94. The monoisotopic (exact) mass is 296 g/mol. The molecule has 0 fully saturated rings. The zero-order valence-corrected chi connectivity index (χ0v) is 12.4. The molecular formula is C14H20N2O5. The van der Waals surface area contributed by atoms with Crippen molar-refractivity contribution in [1.29, 1.82) is 0 Å². The van der Waals surface area contributed by atoms with Crippen LogP contribution in [0.5, 0.6) is 5.75 Å². The first-order valence-electron chi connectivity index (χ1n) is 6.53. The quantitative estimate of drug-likeness (QED) is 0.357. The van der Waals surface area contributed by atoms with E-state index in [1.807, 2.05) is 0 Å². The summed E-state index contributed by atoms with van der Waals surface area (Å²) < 4.78 is 10.0. The third kappa shape index (κ3) is 4.42. The van der Waals surface area contributed by atoms with Gasteiger partial charge in [0.15, 0.2) is 5.75 Å². The molecule has 1 aromatic rings. The molecule has 0 aliphatic rings. The van der Waals surface area contributed by atoms with Crippen molar-refractivity contribution in [2.75, 3.05) is 13.7 Å². The lowest BCUT2D eigenvalue weighted by molar-refractivity contribution is -0.386. The molecule has 21 heavy (non-hydrogen) atoms. The number of nitro benzene ring substituents is 1. The molecule has 0 amide bonds. The van der Waals surface area contributed by atoms with Crippen molar-refractivity contribution in [3.8, 4) is 5.75 Å². The molecule has 0 radical (unpaired) electrons. The minimum atomic E-state index is -1.09. The van der Waals surface area contributed by atoms with Crippen LogP contribution in [0, 0.1) is 17.0 Å². The van der Waals surface area contributed by atoms with E-state index in [4.69, 9.17) is 10.5 Å². The Morgan fingerprint density at radius 1 is 1.48 bits per heavy atom. The summed E-state index contributed by atoms with van der Waals surface area (Å²) in [6.45, 7) is 3.46. The van der Waals surface area contributed by atoms with Gasteiger partial charge in [0.2, 0.25) is 0 Å². The molecule has 0 spiro atoms. The maximum atomic E-state index is 11.4. The van der Waals surface area contributed by atoms with E-state index >= 15 is 0 Å². The van der Waals surface area contributed by atoms with Crippen LogP contribution in [0.1, 0.15) is 25.3 Å². The second kappa shape index (κ2) is 7.03. The zero-order valence-electron chi connectivity index (χ0n) is 12.4. The molecule has 7 nitrogen and oxygen atoms in total. The Bertz CT molecular complexity index is 528. The van der Waals surface area contributed by atoms with E-state index in [1.165, 1.54) is 7.11 Å². The van der Waals surface area contributed by atoms with Gasteiger partial charge in [0, 0.05) is 5.56 Å². The summed E-state index contributed by atoms with van der Waals surface area (Å²) >= 11 is 0. The first kappa shape index (κ1) is 16.9. The van der Waals surface area contributed by atoms with Gasteiger partial charge in [0.05, 0.1) is 18.6 Å². The van der Waals surface area contributed by atoms with Crippen molar-refractivity contribution < 1.29 is 19.2 Å². The fraction of sp³-hybridized carbons (Fsp3) is 0.500. The van der Waals surface area contributed by atoms with Crippen LogP contribution < -0.4 is 10.5 Å². The number of methoxy groups -OCH3 is 1. The van der Waals surface area contributed by atoms with Gasteiger partial charge in [0.25, 0.3) is 0 Å². The standard InChI is InChI=1S/C14H20N2O5/c1-10-6-4-7-11(12(10)16(18)19)21-9-5-8-14(2,15)13(17)20-3/h4,6-7H,5,8-9,15H2,1-3H3. The lowest BCUT2D eigenvalue weighted by atomic mass is 9.98. The molecule has 7 heteroatoms. The number of carbonyl (C=O) groups is 1. The molecule has 0 aromatic heterocycles. The van der Waals surface area contributed by atoms with E-state index < -0.39 is 16.4 Å². The summed E-state index contributed by atoms with van der Waals surface area (Å²) in [4.78, 5) is 21.9. The van der Waals surface area contributed by atoms with Crippen LogP contribution in [0.4, 0.5) is 5.69 Å². The Morgan fingerprint density at radius 2 is 2.14 bits per heavy atom. The number of ether oxygens (including phenoxy) is 2. The summed E-state index contributed by atoms with van der Waals surface area (Å²) in [6, 6.07) is 4.89. The van der Waals surface area contributed by atoms with Gasteiger partial charge in [-0.25, -0.2) is 0 Å². The van der Waals surface area contributed by atoms with E-state index in [1.54, 1.807) is 32.0 Å². The van der Waals surface area contributed by atoms with E-state index in [-0.39, 0.29) is 18.0 Å². The SMILES string of the molecule is COC(=O)C(C)(N)CCCOc1cccc(C)c1[N+](=O)[O-]. The van der Waals surface area contributed by atoms with Crippen LogP contribution in [0.2, 0.25) is 0 Å². The number of benzene rings is 1. The van der Waals surface area contributed by atoms with Gasteiger partial charge in [0.1, 0.15) is 5.54 Å². The van der Waals surface area contributed by atoms with E-state index in [9.17, 15) is 14.9 Å². The topological polar surface area (TPSA) is 105 Å². The lowest BCUT2D eigenvalue weighted by Crippen LogP contribution is -2.45. The summed E-state index contributed by atoms with van der Waals surface area (Å²) in [7, 11) is 1.28. The van der Waals surface area contributed by atoms with Crippen LogP contribution in [0.3, 0.4) is 0 Å². The number of hydrogen-bond donors (Lipinski definition) is 1. The third-order valence-electron chi connectivity index (χ3n) is 3.13. The Hall–Kier alpha value is -2.15.